The Balaban J connectivity index is 0.00000342. The fourth-order valence-electron chi connectivity index (χ4n) is 3.86. The minimum atomic E-state index is -0.239. The summed E-state index contributed by atoms with van der Waals surface area (Å²) in [6.07, 6.45) is 1.55. The fourth-order valence-corrected chi connectivity index (χ4v) is 3.86. The van der Waals surface area contributed by atoms with Crippen molar-refractivity contribution in [2.24, 2.45) is 0 Å². The van der Waals surface area contributed by atoms with Crippen LogP contribution in [0.1, 0.15) is 63.2 Å². The molecule has 1 aliphatic rings. The van der Waals surface area contributed by atoms with E-state index in [1.807, 2.05) is 38.1 Å². The second-order valence-electron chi connectivity index (χ2n) is 10.1. The maximum atomic E-state index is 12.8. The lowest BCUT2D eigenvalue weighted by Gasteiger charge is -2.19. The summed E-state index contributed by atoms with van der Waals surface area (Å²) in [5, 5.41) is 9.45. The second-order valence-corrected chi connectivity index (χ2v) is 10.1. The Bertz CT molecular complexity index is 1210. The van der Waals surface area contributed by atoms with E-state index >= 15 is 0 Å². The summed E-state index contributed by atoms with van der Waals surface area (Å²) in [6.45, 7) is 12.1. The Labute approximate surface area is 202 Å². The molecule has 1 amide bonds. The van der Waals surface area contributed by atoms with Gasteiger partial charge in [-0.3, -0.25) is 9.69 Å². The van der Waals surface area contributed by atoms with Crippen molar-refractivity contribution < 1.29 is 6.22 Å². The molecule has 0 saturated heterocycles. The van der Waals surface area contributed by atoms with Crippen molar-refractivity contribution in [3.05, 3.63) is 65.0 Å². The summed E-state index contributed by atoms with van der Waals surface area (Å²) in [6, 6.07) is 12.1. The summed E-state index contributed by atoms with van der Waals surface area (Å²) < 4.78 is 0. The molecule has 0 bridgehead atoms. The van der Waals surface area contributed by atoms with E-state index in [2.05, 4.69) is 70.8 Å². The molecule has 0 atom stereocenters. The predicted molar refractivity (Wildman–Crippen MR) is 138 cm³/mol. The number of hydrogen-bond acceptors (Lipinski definition) is 7. The van der Waals surface area contributed by atoms with E-state index in [0.29, 0.717) is 23.1 Å². The van der Waals surface area contributed by atoms with Crippen molar-refractivity contribution in [1.82, 2.24) is 25.2 Å². The molecule has 0 saturated carbocycles. The van der Waals surface area contributed by atoms with E-state index in [-0.39, 0.29) is 18.8 Å². The molecule has 0 unspecified atom stereocenters. The van der Waals surface area contributed by atoms with Crippen LogP contribution in [0, 0.1) is 0 Å². The molecule has 1 aromatic carbocycles. The zero-order valence-electron chi connectivity index (χ0n) is 20.7. The second kappa shape index (κ2) is 9.38. The van der Waals surface area contributed by atoms with Crippen LogP contribution >= 0.6 is 0 Å². The summed E-state index contributed by atoms with van der Waals surface area (Å²) in [4.78, 5) is 28.9. The van der Waals surface area contributed by atoms with Gasteiger partial charge in [0.2, 0.25) is 5.95 Å². The number of rotatable bonds is 6. The molecule has 3 aromatic rings. The van der Waals surface area contributed by atoms with Crippen molar-refractivity contribution in [3.8, 4) is 0 Å². The Hall–Kier alpha value is -3.52. The van der Waals surface area contributed by atoms with Crippen molar-refractivity contribution >= 4 is 29.2 Å². The highest BCUT2D eigenvalue weighted by atomic mass is 16.1. The zero-order valence-corrected chi connectivity index (χ0v) is 20.7. The minimum Gasteiger partial charge on any atom is -0.350 e. The molecule has 3 N–H and O–H groups in total. The summed E-state index contributed by atoms with van der Waals surface area (Å²) >= 11 is 0. The number of anilines is 4. The van der Waals surface area contributed by atoms with Crippen LogP contribution in [-0.4, -0.2) is 38.8 Å². The Morgan fingerprint density at radius 3 is 2.56 bits per heavy atom. The number of nitrogens with zero attached hydrogens (tertiary/aromatic N) is 4. The van der Waals surface area contributed by atoms with Gasteiger partial charge in [-0.15, -0.1) is 0 Å². The van der Waals surface area contributed by atoms with Crippen LogP contribution in [0.5, 0.6) is 0 Å². The SMILES string of the molecule is CC(C)NC(=O)c1cnc(Nc2ccc3c(c2)CN(C)C3)nc1Nc1cccc(C(C)(C)C)n1.[HH]. The van der Waals surface area contributed by atoms with Gasteiger partial charge in [-0.2, -0.15) is 4.98 Å². The number of carbonyl (C=O) groups excluding carboxylic acids is 1. The van der Waals surface area contributed by atoms with Crippen molar-refractivity contribution in [1.29, 1.82) is 0 Å². The van der Waals surface area contributed by atoms with Crippen LogP contribution in [0.15, 0.2) is 42.6 Å². The van der Waals surface area contributed by atoms with Crippen LogP contribution in [0.4, 0.5) is 23.3 Å². The molecule has 180 valence electrons. The lowest BCUT2D eigenvalue weighted by atomic mass is 9.92. The molecule has 1 aliphatic heterocycles. The Kier molecular flexibility index (Phi) is 6.52. The van der Waals surface area contributed by atoms with Crippen LogP contribution in [-0.2, 0) is 18.5 Å². The van der Waals surface area contributed by atoms with Crippen LogP contribution in [0.3, 0.4) is 0 Å². The Morgan fingerprint density at radius 2 is 1.82 bits per heavy atom. The van der Waals surface area contributed by atoms with E-state index in [4.69, 9.17) is 4.98 Å². The molecule has 0 spiro atoms. The number of aromatic nitrogens is 3. The predicted octanol–water partition coefficient (Wildman–Crippen LogP) is 4.99. The third-order valence-electron chi connectivity index (χ3n) is 5.56. The van der Waals surface area contributed by atoms with Gasteiger partial charge in [-0.05, 0) is 56.3 Å². The van der Waals surface area contributed by atoms with Crippen molar-refractivity contribution in [2.45, 2.75) is 59.2 Å². The van der Waals surface area contributed by atoms with Gasteiger partial charge in [0.05, 0.1) is 0 Å². The maximum Gasteiger partial charge on any atom is 0.256 e. The first-order valence-corrected chi connectivity index (χ1v) is 11.6. The molecular weight excluding hydrogens is 426 g/mol. The molecule has 3 heterocycles. The Morgan fingerprint density at radius 1 is 1.06 bits per heavy atom. The molecule has 0 aliphatic carbocycles. The summed E-state index contributed by atoms with van der Waals surface area (Å²) in [5.41, 5.74) is 4.74. The summed E-state index contributed by atoms with van der Waals surface area (Å²) in [7, 11) is 2.11. The third kappa shape index (κ3) is 5.51. The zero-order chi connectivity index (χ0) is 24.5. The normalized spacial score (nSPS) is 13.6. The van der Waals surface area contributed by atoms with Crippen LogP contribution in [0.2, 0.25) is 0 Å². The first kappa shape index (κ1) is 23.6. The highest BCUT2D eigenvalue weighted by Gasteiger charge is 2.20. The quantitative estimate of drug-likeness (QED) is 0.476. The molecule has 8 nitrogen and oxygen atoms in total. The summed E-state index contributed by atoms with van der Waals surface area (Å²) in [5.74, 6) is 1.19. The largest absolute Gasteiger partial charge is 0.350 e. The number of benzene rings is 1. The maximum absolute atomic E-state index is 12.8. The van der Waals surface area contributed by atoms with E-state index < -0.39 is 0 Å². The van der Waals surface area contributed by atoms with Gasteiger partial charge < -0.3 is 16.0 Å². The molecule has 2 aromatic heterocycles. The monoisotopic (exact) mass is 461 g/mol. The molecule has 4 rings (SSSR count). The number of amides is 1. The third-order valence-corrected chi connectivity index (χ3v) is 5.56. The first-order valence-electron chi connectivity index (χ1n) is 11.6. The highest BCUT2D eigenvalue weighted by Crippen LogP contribution is 2.27. The molecule has 0 fully saturated rings. The standard InChI is InChI=1S/C26H33N7O.H2/c1-16(2)28-24(34)20-13-27-25(29-19-11-10-17-14-33(6)15-18(17)12-19)32-23(20)31-22-9-7-8-21(30-22)26(3,4)5;/h7-13,16H,14-15H2,1-6H3,(H,28,34)(H2,27,29,30,31,32);1H. The fraction of sp³-hybridized carbons (Fsp3) is 0.385. The first-order chi connectivity index (χ1) is 16.1. The molecule has 8 heteroatoms. The minimum absolute atomic E-state index is 0. The van der Waals surface area contributed by atoms with E-state index in [9.17, 15) is 4.79 Å². The average Bonchev–Trinajstić information content (AvgIpc) is 3.12. The van der Waals surface area contributed by atoms with Gasteiger partial charge in [-0.1, -0.05) is 32.9 Å². The number of fused-ring (bicyclic) bond motifs is 1. The topological polar surface area (TPSA) is 95.1 Å². The lowest BCUT2D eigenvalue weighted by Crippen LogP contribution is -2.31. The van der Waals surface area contributed by atoms with Crippen LogP contribution in [0.25, 0.3) is 0 Å². The van der Waals surface area contributed by atoms with E-state index in [0.717, 1.165) is 24.5 Å². The van der Waals surface area contributed by atoms with E-state index in [1.165, 1.54) is 11.1 Å². The van der Waals surface area contributed by atoms with Gasteiger partial charge in [0.25, 0.3) is 5.91 Å². The lowest BCUT2D eigenvalue weighted by molar-refractivity contribution is 0.0943. The van der Waals surface area contributed by atoms with Gasteiger partial charge >= 0.3 is 0 Å². The van der Waals surface area contributed by atoms with E-state index in [1.54, 1.807) is 6.20 Å². The number of pyridine rings is 1. The number of hydrogen-bond donors (Lipinski definition) is 3. The van der Waals surface area contributed by atoms with Gasteiger partial charge in [-0.25, -0.2) is 9.97 Å². The average molecular weight is 462 g/mol. The van der Waals surface area contributed by atoms with Gasteiger partial charge in [0.1, 0.15) is 17.2 Å². The molecule has 34 heavy (non-hydrogen) atoms. The highest BCUT2D eigenvalue weighted by molar-refractivity contribution is 5.99. The molecule has 0 radical (unpaired) electrons. The van der Waals surface area contributed by atoms with Crippen molar-refractivity contribution in [2.75, 3.05) is 17.7 Å². The van der Waals surface area contributed by atoms with Crippen molar-refractivity contribution in [3.63, 3.8) is 0 Å². The van der Waals surface area contributed by atoms with Crippen LogP contribution < -0.4 is 16.0 Å². The number of nitrogens with one attached hydrogen (secondary N) is 3. The smallest absolute Gasteiger partial charge is 0.256 e. The van der Waals surface area contributed by atoms with Gasteiger partial charge in [0, 0.05) is 43.6 Å². The number of carbonyl (C=O) groups is 1. The molecular formula is C26H35N7O. The van der Waals surface area contributed by atoms with Gasteiger partial charge in [0.15, 0.2) is 0 Å².